The first-order valence-electron chi connectivity index (χ1n) is 8.95. The van der Waals surface area contributed by atoms with E-state index >= 15 is 0 Å². The van der Waals surface area contributed by atoms with E-state index in [9.17, 15) is 14.0 Å². The maximum Gasteiger partial charge on any atom is 0.338 e. The molecule has 1 N–H and O–H groups in total. The number of carboxylic acid groups (broad SMARTS) is 1. The number of benzene rings is 1. The van der Waals surface area contributed by atoms with Gasteiger partial charge in [0, 0.05) is 11.5 Å². The number of hydrogen-bond donors (Lipinski definition) is 1. The summed E-state index contributed by atoms with van der Waals surface area (Å²) >= 11 is 1.19. The van der Waals surface area contributed by atoms with Gasteiger partial charge in [-0.15, -0.1) is 0 Å². The van der Waals surface area contributed by atoms with Gasteiger partial charge in [0.15, 0.2) is 5.78 Å². The Morgan fingerprint density at radius 1 is 1.24 bits per heavy atom. The van der Waals surface area contributed by atoms with Crippen molar-refractivity contribution in [3.8, 4) is 17.1 Å². The van der Waals surface area contributed by atoms with Gasteiger partial charge in [-0.2, -0.15) is 4.37 Å². The lowest BCUT2D eigenvalue weighted by Gasteiger charge is -2.11. The summed E-state index contributed by atoms with van der Waals surface area (Å²) in [6.45, 7) is 1.82. The van der Waals surface area contributed by atoms with E-state index in [1.165, 1.54) is 36.1 Å². The van der Waals surface area contributed by atoms with Crippen LogP contribution in [0.3, 0.4) is 0 Å². The number of ketones is 1. The molecule has 0 radical (unpaired) electrons. The number of ether oxygens (including phenoxy) is 1. The number of carbonyl (C=O) groups excluding carboxylic acids is 1. The molecule has 1 aliphatic carbocycles. The molecule has 7 nitrogen and oxygen atoms in total. The van der Waals surface area contributed by atoms with Crippen molar-refractivity contribution in [2.24, 2.45) is 5.92 Å². The quantitative estimate of drug-likeness (QED) is 0.580. The molecule has 1 unspecified atom stereocenters. The van der Waals surface area contributed by atoms with Gasteiger partial charge in [-0.05, 0) is 49.5 Å². The molecule has 29 heavy (non-hydrogen) atoms. The predicted molar refractivity (Wildman–Crippen MR) is 103 cm³/mol. The second kappa shape index (κ2) is 7.67. The third kappa shape index (κ3) is 4.14. The van der Waals surface area contributed by atoms with Crippen molar-refractivity contribution >= 4 is 23.3 Å². The molecule has 0 spiro atoms. The number of hydrogen-bond acceptors (Lipinski definition) is 7. The van der Waals surface area contributed by atoms with E-state index in [0.29, 0.717) is 17.0 Å². The molecule has 148 valence electrons. The molecule has 2 aromatic heterocycles. The van der Waals surface area contributed by atoms with E-state index in [2.05, 4.69) is 14.3 Å². The highest BCUT2D eigenvalue weighted by Crippen LogP contribution is 2.32. The molecule has 4 rings (SSSR count). The van der Waals surface area contributed by atoms with E-state index < -0.39 is 11.8 Å². The van der Waals surface area contributed by atoms with Crippen molar-refractivity contribution in [1.29, 1.82) is 0 Å². The molecule has 0 aliphatic heterocycles. The normalized spacial score (nSPS) is 14.4. The molecular formula is C20H16FN3O4S. The highest BCUT2D eigenvalue weighted by atomic mass is 32.1. The zero-order valence-corrected chi connectivity index (χ0v) is 16.1. The van der Waals surface area contributed by atoms with E-state index in [0.717, 1.165) is 23.8 Å². The van der Waals surface area contributed by atoms with Gasteiger partial charge in [-0.25, -0.2) is 19.2 Å². The highest BCUT2D eigenvalue weighted by molar-refractivity contribution is 7.06. The molecule has 1 atom stereocenters. The number of rotatable bonds is 7. The van der Waals surface area contributed by atoms with Crippen LogP contribution in [0.2, 0.25) is 0 Å². The number of halogens is 1. The Labute approximate surface area is 169 Å². The smallest absolute Gasteiger partial charge is 0.338 e. The molecule has 0 saturated heterocycles. The zero-order chi connectivity index (χ0) is 20.5. The second-order valence-electron chi connectivity index (χ2n) is 6.75. The summed E-state index contributed by atoms with van der Waals surface area (Å²) < 4.78 is 24.0. The van der Waals surface area contributed by atoms with Gasteiger partial charge < -0.3 is 9.84 Å². The molecule has 1 aromatic carbocycles. The molecule has 0 amide bonds. The van der Waals surface area contributed by atoms with Gasteiger partial charge in [0.05, 0.1) is 28.5 Å². The van der Waals surface area contributed by atoms with Crippen molar-refractivity contribution in [2.75, 3.05) is 0 Å². The summed E-state index contributed by atoms with van der Waals surface area (Å²) in [6, 6.07) is 5.63. The van der Waals surface area contributed by atoms with Crippen LogP contribution in [-0.2, 0) is 0 Å². The Bertz CT molecular complexity index is 1080. The fraction of sp³-hybridized carbons (Fsp3) is 0.250. The fourth-order valence-corrected chi connectivity index (χ4v) is 3.49. The lowest BCUT2D eigenvalue weighted by molar-refractivity contribution is 0.0691. The molecule has 0 bridgehead atoms. The average molecular weight is 413 g/mol. The van der Waals surface area contributed by atoms with Gasteiger partial charge >= 0.3 is 5.97 Å². The summed E-state index contributed by atoms with van der Waals surface area (Å²) in [6.07, 6.45) is 4.28. The number of aromatic nitrogens is 3. The summed E-state index contributed by atoms with van der Waals surface area (Å²) in [5.74, 6) is -1.74. The van der Waals surface area contributed by atoms with Crippen LogP contribution >= 0.6 is 11.5 Å². The average Bonchev–Trinajstić information content (AvgIpc) is 3.43. The van der Waals surface area contributed by atoms with E-state index in [1.54, 1.807) is 6.07 Å². The maximum absolute atomic E-state index is 13.9. The van der Waals surface area contributed by atoms with Crippen LogP contribution in [0, 0.1) is 11.7 Å². The first kappa shape index (κ1) is 19.1. The number of carbonyl (C=O) groups is 2. The van der Waals surface area contributed by atoms with Gasteiger partial charge in [0.25, 0.3) is 0 Å². The summed E-state index contributed by atoms with van der Waals surface area (Å²) in [5, 5.41) is 8.92. The van der Waals surface area contributed by atoms with Gasteiger partial charge in [-0.1, -0.05) is 6.07 Å². The van der Waals surface area contributed by atoms with Crippen molar-refractivity contribution < 1.29 is 23.8 Å². The van der Waals surface area contributed by atoms with Crippen molar-refractivity contribution in [2.45, 2.75) is 25.9 Å². The largest absolute Gasteiger partial charge is 0.478 e. The zero-order valence-electron chi connectivity index (χ0n) is 15.3. The minimum absolute atomic E-state index is 0.0188. The van der Waals surface area contributed by atoms with Crippen LogP contribution < -0.4 is 4.74 Å². The topological polar surface area (TPSA) is 102 Å². The Balaban J connectivity index is 1.45. The number of nitrogens with zero attached hydrogens (tertiary/aromatic N) is 3. The van der Waals surface area contributed by atoms with Crippen LogP contribution in [-0.4, -0.2) is 31.2 Å². The van der Waals surface area contributed by atoms with E-state index in [4.69, 9.17) is 9.84 Å². The van der Waals surface area contributed by atoms with Crippen LogP contribution in [0.1, 0.15) is 51.6 Å². The second-order valence-corrected chi connectivity index (χ2v) is 7.59. The third-order valence-corrected chi connectivity index (χ3v) is 5.50. The van der Waals surface area contributed by atoms with Gasteiger partial charge in [0.2, 0.25) is 5.88 Å². The van der Waals surface area contributed by atoms with Crippen LogP contribution in [0.25, 0.3) is 11.3 Å². The van der Waals surface area contributed by atoms with E-state index in [-0.39, 0.29) is 29.2 Å². The summed E-state index contributed by atoms with van der Waals surface area (Å²) in [7, 11) is 0. The summed E-state index contributed by atoms with van der Waals surface area (Å²) in [4.78, 5) is 32.0. The van der Waals surface area contributed by atoms with Crippen LogP contribution in [0.15, 0.2) is 36.7 Å². The SMILES string of the molecule is CC(Oc1cnc(C(=O)C2CC2)cn1)c1cc(-c2ccc(C(=O)O)c(F)c2)ns1. The summed E-state index contributed by atoms with van der Waals surface area (Å²) in [5.41, 5.74) is 0.959. The maximum atomic E-state index is 13.9. The minimum atomic E-state index is -1.32. The molecule has 1 fully saturated rings. The van der Waals surface area contributed by atoms with Crippen LogP contribution in [0.5, 0.6) is 5.88 Å². The number of Topliss-reactive ketones (excluding diaryl/α,β-unsaturated/α-hetero) is 1. The predicted octanol–water partition coefficient (Wildman–Crippen LogP) is 4.17. The van der Waals surface area contributed by atoms with Gasteiger partial charge in [0.1, 0.15) is 17.6 Å². The number of aromatic carboxylic acids is 1. The lowest BCUT2D eigenvalue weighted by atomic mass is 10.1. The standard InChI is InChI=1S/C20H16FN3O4S/c1-10(28-18-9-22-16(8-23-18)19(25)11-2-3-11)17-7-15(24-29-17)12-4-5-13(20(26)27)14(21)6-12/h4-11H,2-3H2,1H3,(H,26,27). The minimum Gasteiger partial charge on any atom is -0.478 e. The molecule has 1 aliphatic rings. The third-order valence-electron chi connectivity index (χ3n) is 4.55. The van der Waals surface area contributed by atoms with Crippen LogP contribution in [0.4, 0.5) is 4.39 Å². The molecular weight excluding hydrogens is 397 g/mol. The Morgan fingerprint density at radius 2 is 2.03 bits per heavy atom. The Kier molecular flexibility index (Phi) is 5.06. The first-order valence-corrected chi connectivity index (χ1v) is 9.72. The first-order chi connectivity index (χ1) is 13.9. The molecule has 9 heteroatoms. The van der Waals surface area contributed by atoms with E-state index in [1.807, 2.05) is 6.92 Å². The monoisotopic (exact) mass is 413 g/mol. The molecule has 1 saturated carbocycles. The fourth-order valence-electron chi connectivity index (χ4n) is 2.76. The highest BCUT2D eigenvalue weighted by Gasteiger charge is 2.31. The Hall–Kier alpha value is -3.20. The lowest BCUT2D eigenvalue weighted by Crippen LogP contribution is -2.07. The molecule has 3 aromatic rings. The van der Waals surface area contributed by atoms with Crippen molar-refractivity contribution in [3.05, 3.63) is 58.6 Å². The Morgan fingerprint density at radius 3 is 2.66 bits per heavy atom. The van der Waals surface area contributed by atoms with Gasteiger partial charge in [-0.3, -0.25) is 4.79 Å². The number of carboxylic acids is 1. The van der Waals surface area contributed by atoms with Crippen molar-refractivity contribution in [3.63, 3.8) is 0 Å². The van der Waals surface area contributed by atoms with Crippen molar-refractivity contribution in [1.82, 2.24) is 14.3 Å². The molecule has 2 heterocycles.